The molecule has 1 aromatic rings. The van der Waals surface area contributed by atoms with E-state index < -0.39 is 0 Å². The fourth-order valence-corrected chi connectivity index (χ4v) is 2.98. The summed E-state index contributed by atoms with van der Waals surface area (Å²) >= 11 is 0. The van der Waals surface area contributed by atoms with Crippen molar-refractivity contribution in [3.05, 3.63) is 35.4 Å². The molecule has 1 unspecified atom stereocenters. The van der Waals surface area contributed by atoms with Crippen molar-refractivity contribution >= 4 is 5.96 Å². The molecule has 2 rings (SSSR count). The van der Waals surface area contributed by atoms with Gasteiger partial charge >= 0.3 is 0 Å². The first-order valence-corrected chi connectivity index (χ1v) is 8.96. The van der Waals surface area contributed by atoms with Gasteiger partial charge in [0, 0.05) is 33.4 Å². The summed E-state index contributed by atoms with van der Waals surface area (Å²) in [6.45, 7) is 9.17. The van der Waals surface area contributed by atoms with Crippen LogP contribution in [0.3, 0.4) is 0 Å². The molecule has 0 aliphatic carbocycles. The zero-order chi connectivity index (χ0) is 17.2. The van der Waals surface area contributed by atoms with Gasteiger partial charge in [0.15, 0.2) is 5.96 Å². The summed E-state index contributed by atoms with van der Waals surface area (Å²) in [7, 11) is 1.85. The van der Waals surface area contributed by atoms with Crippen LogP contribution in [-0.4, -0.2) is 57.4 Å². The van der Waals surface area contributed by atoms with Crippen LogP contribution in [-0.2, 0) is 9.47 Å². The van der Waals surface area contributed by atoms with Crippen molar-refractivity contribution in [2.45, 2.75) is 32.8 Å². The number of hydrogen-bond donors (Lipinski definition) is 1. The summed E-state index contributed by atoms with van der Waals surface area (Å²) in [5.74, 6) is 0.966. The molecule has 1 fully saturated rings. The van der Waals surface area contributed by atoms with E-state index in [2.05, 4.69) is 46.4 Å². The van der Waals surface area contributed by atoms with E-state index in [-0.39, 0.29) is 6.10 Å². The van der Waals surface area contributed by atoms with Crippen LogP contribution in [0.15, 0.2) is 29.3 Å². The molecule has 1 saturated heterocycles. The van der Waals surface area contributed by atoms with Crippen molar-refractivity contribution in [1.29, 1.82) is 0 Å². The molecule has 1 heterocycles. The number of unbranched alkanes of at least 4 members (excludes halogenated alkanes) is 1. The minimum absolute atomic E-state index is 0.108. The lowest BCUT2D eigenvalue weighted by Gasteiger charge is -2.35. The van der Waals surface area contributed by atoms with Gasteiger partial charge in [-0.2, -0.15) is 0 Å². The van der Waals surface area contributed by atoms with Crippen molar-refractivity contribution < 1.29 is 9.47 Å². The summed E-state index contributed by atoms with van der Waals surface area (Å²) in [4.78, 5) is 6.74. The smallest absolute Gasteiger partial charge is 0.193 e. The Morgan fingerprint density at radius 3 is 2.96 bits per heavy atom. The van der Waals surface area contributed by atoms with E-state index in [4.69, 9.17) is 9.47 Å². The highest BCUT2D eigenvalue weighted by atomic mass is 16.5. The molecule has 5 heteroatoms. The molecular formula is C19H31N3O2. The van der Waals surface area contributed by atoms with Crippen LogP contribution in [0.1, 0.15) is 37.0 Å². The van der Waals surface area contributed by atoms with Crippen LogP contribution in [0.2, 0.25) is 0 Å². The molecule has 1 N–H and O–H groups in total. The van der Waals surface area contributed by atoms with Gasteiger partial charge in [0.1, 0.15) is 6.10 Å². The van der Waals surface area contributed by atoms with Crippen molar-refractivity contribution in [2.75, 3.05) is 46.5 Å². The maximum Gasteiger partial charge on any atom is 0.193 e. The third kappa shape index (κ3) is 5.49. The number of ether oxygens (including phenoxy) is 2. The lowest BCUT2D eigenvalue weighted by Crippen LogP contribution is -2.48. The second-order valence-electron chi connectivity index (χ2n) is 6.04. The zero-order valence-corrected chi connectivity index (χ0v) is 15.3. The zero-order valence-electron chi connectivity index (χ0n) is 15.3. The molecule has 0 amide bonds. The molecule has 0 spiro atoms. The molecule has 1 aliphatic heterocycles. The molecular weight excluding hydrogens is 302 g/mol. The van der Waals surface area contributed by atoms with Gasteiger partial charge in [-0.25, -0.2) is 0 Å². The molecule has 0 saturated carbocycles. The number of guanidine groups is 1. The fraction of sp³-hybridized carbons (Fsp3) is 0.632. The first-order valence-electron chi connectivity index (χ1n) is 8.96. The maximum absolute atomic E-state index is 6.00. The molecule has 1 aromatic carbocycles. The molecule has 1 aliphatic rings. The quantitative estimate of drug-likeness (QED) is 0.473. The Kier molecular flexibility index (Phi) is 8.05. The van der Waals surface area contributed by atoms with Crippen molar-refractivity contribution in [2.24, 2.45) is 4.99 Å². The SMILES string of the molecule is CCOCCCCNC(=NC)N1CCOC(c2ccccc2C)C1. The van der Waals surface area contributed by atoms with Crippen molar-refractivity contribution in [1.82, 2.24) is 10.2 Å². The monoisotopic (exact) mass is 333 g/mol. The van der Waals surface area contributed by atoms with E-state index in [1.165, 1.54) is 11.1 Å². The molecule has 0 aromatic heterocycles. The van der Waals surface area contributed by atoms with Crippen LogP contribution in [0.5, 0.6) is 0 Å². The number of rotatable bonds is 7. The van der Waals surface area contributed by atoms with Crippen LogP contribution >= 0.6 is 0 Å². The lowest BCUT2D eigenvalue weighted by molar-refractivity contribution is -0.00831. The number of morpholine rings is 1. The number of nitrogens with one attached hydrogen (secondary N) is 1. The van der Waals surface area contributed by atoms with Crippen LogP contribution in [0.25, 0.3) is 0 Å². The topological polar surface area (TPSA) is 46.1 Å². The number of benzene rings is 1. The van der Waals surface area contributed by atoms with Gasteiger partial charge in [-0.3, -0.25) is 4.99 Å². The average Bonchev–Trinajstić information content (AvgIpc) is 2.62. The standard InChI is InChI=1S/C19H31N3O2/c1-4-23-13-8-7-11-21-19(20-3)22-12-14-24-18(15-22)17-10-6-5-9-16(17)2/h5-6,9-10,18H,4,7-8,11-15H2,1-3H3,(H,20,21). The van der Waals surface area contributed by atoms with Gasteiger partial charge in [0.05, 0.1) is 13.2 Å². The Morgan fingerprint density at radius 1 is 1.38 bits per heavy atom. The lowest BCUT2D eigenvalue weighted by atomic mass is 10.0. The fourth-order valence-electron chi connectivity index (χ4n) is 2.98. The second kappa shape index (κ2) is 10.3. The molecule has 134 valence electrons. The third-order valence-electron chi connectivity index (χ3n) is 4.32. The molecule has 5 nitrogen and oxygen atoms in total. The molecule has 0 radical (unpaired) electrons. The minimum atomic E-state index is 0.108. The van der Waals surface area contributed by atoms with E-state index in [1.807, 2.05) is 14.0 Å². The molecule has 24 heavy (non-hydrogen) atoms. The second-order valence-corrected chi connectivity index (χ2v) is 6.04. The Morgan fingerprint density at radius 2 is 2.21 bits per heavy atom. The van der Waals surface area contributed by atoms with E-state index in [1.54, 1.807) is 0 Å². The van der Waals surface area contributed by atoms with Crippen LogP contribution < -0.4 is 5.32 Å². The van der Waals surface area contributed by atoms with E-state index in [9.17, 15) is 0 Å². The number of nitrogens with zero attached hydrogens (tertiary/aromatic N) is 2. The highest BCUT2D eigenvalue weighted by Gasteiger charge is 2.24. The summed E-state index contributed by atoms with van der Waals surface area (Å²) in [6, 6.07) is 8.45. The largest absolute Gasteiger partial charge is 0.382 e. The van der Waals surface area contributed by atoms with Gasteiger partial charge < -0.3 is 19.7 Å². The Labute approximate surface area is 146 Å². The van der Waals surface area contributed by atoms with Gasteiger partial charge in [0.25, 0.3) is 0 Å². The highest BCUT2D eigenvalue weighted by Crippen LogP contribution is 2.24. The van der Waals surface area contributed by atoms with Crippen LogP contribution in [0.4, 0.5) is 0 Å². The first kappa shape index (κ1) is 18.7. The number of hydrogen-bond acceptors (Lipinski definition) is 3. The number of aliphatic imine (C=N–C) groups is 1. The summed E-state index contributed by atoms with van der Waals surface area (Å²) in [5, 5.41) is 3.47. The Balaban J connectivity index is 1.84. The summed E-state index contributed by atoms with van der Waals surface area (Å²) in [6.07, 6.45) is 2.27. The van der Waals surface area contributed by atoms with Crippen LogP contribution in [0, 0.1) is 6.92 Å². The Bertz CT molecular complexity index is 519. The van der Waals surface area contributed by atoms with Gasteiger partial charge in [-0.1, -0.05) is 24.3 Å². The van der Waals surface area contributed by atoms with Crippen molar-refractivity contribution in [3.8, 4) is 0 Å². The van der Waals surface area contributed by atoms with E-state index in [0.717, 1.165) is 58.3 Å². The summed E-state index contributed by atoms with van der Waals surface area (Å²) in [5.41, 5.74) is 2.55. The molecule has 1 atom stereocenters. The minimum Gasteiger partial charge on any atom is -0.382 e. The van der Waals surface area contributed by atoms with Crippen molar-refractivity contribution in [3.63, 3.8) is 0 Å². The Hall–Kier alpha value is -1.59. The van der Waals surface area contributed by atoms with Gasteiger partial charge in [-0.15, -0.1) is 0 Å². The normalized spacial score (nSPS) is 18.7. The highest BCUT2D eigenvalue weighted by molar-refractivity contribution is 5.80. The number of aryl methyl sites for hydroxylation is 1. The third-order valence-corrected chi connectivity index (χ3v) is 4.32. The van der Waals surface area contributed by atoms with E-state index >= 15 is 0 Å². The summed E-state index contributed by atoms with van der Waals surface area (Å²) < 4.78 is 11.4. The predicted octanol–water partition coefficient (Wildman–Crippen LogP) is 2.76. The average molecular weight is 333 g/mol. The van der Waals surface area contributed by atoms with Gasteiger partial charge in [-0.05, 0) is 37.8 Å². The maximum atomic E-state index is 6.00. The first-order chi connectivity index (χ1) is 11.8. The predicted molar refractivity (Wildman–Crippen MR) is 98.5 cm³/mol. The van der Waals surface area contributed by atoms with Gasteiger partial charge in [0.2, 0.25) is 0 Å². The molecule has 0 bridgehead atoms. The van der Waals surface area contributed by atoms with E-state index in [0.29, 0.717) is 0 Å².